The molecule has 146 valence electrons. The Bertz CT molecular complexity index is 575. The second-order valence-corrected chi connectivity index (χ2v) is 6.67. The molecule has 2 heterocycles. The molecule has 26 heavy (non-hydrogen) atoms. The van der Waals surface area contributed by atoms with Crippen molar-refractivity contribution in [3.05, 3.63) is 24.1 Å². The zero-order valence-electron chi connectivity index (χ0n) is 16.5. The van der Waals surface area contributed by atoms with Crippen molar-refractivity contribution < 1.29 is 4.39 Å². The van der Waals surface area contributed by atoms with Gasteiger partial charge in [0.05, 0.1) is 6.54 Å². The van der Waals surface area contributed by atoms with E-state index in [0.717, 1.165) is 51.6 Å². The molecule has 0 amide bonds. The largest absolute Gasteiger partial charge is 0.357 e. The molecule has 6 nitrogen and oxygen atoms in total. The highest BCUT2D eigenvalue weighted by molar-refractivity contribution is 5.80. The van der Waals surface area contributed by atoms with Crippen LogP contribution in [0.3, 0.4) is 0 Å². The second kappa shape index (κ2) is 10.3. The topological polar surface area (TPSA) is 55.8 Å². The molecule has 1 aromatic heterocycles. The van der Waals surface area contributed by atoms with Crippen molar-refractivity contribution in [3.63, 3.8) is 0 Å². The fraction of sp³-hybridized carbons (Fsp3) is 0.684. The quantitative estimate of drug-likeness (QED) is 0.546. The van der Waals surface area contributed by atoms with E-state index in [1.165, 1.54) is 6.07 Å². The summed E-state index contributed by atoms with van der Waals surface area (Å²) in [5.74, 6) is 1.01. The lowest BCUT2D eigenvalue weighted by molar-refractivity contribution is 0.237. The first-order valence-electron chi connectivity index (χ1n) is 9.73. The van der Waals surface area contributed by atoms with Crippen LogP contribution < -0.4 is 15.5 Å². The normalized spacial score (nSPS) is 19.1. The number of anilines is 1. The third-order valence-corrected chi connectivity index (χ3v) is 4.86. The molecule has 0 bridgehead atoms. The van der Waals surface area contributed by atoms with Crippen molar-refractivity contribution in [1.29, 1.82) is 0 Å². The molecule has 2 atom stereocenters. The zero-order valence-corrected chi connectivity index (χ0v) is 16.5. The molecule has 0 saturated carbocycles. The number of hydrogen-bond donors (Lipinski definition) is 2. The summed E-state index contributed by atoms with van der Waals surface area (Å²) < 4.78 is 13.9. The van der Waals surface area contributed by atoms with E-state index >= 15 is 0 Å². The number of nitrogens with zero attached hydrogens (tertiary/aromatic N) is 4. The average molecular weight is 365 g/mol. The van der Waals surface area contributed by atoms with Gasteiger partial charge in [-0.15, -0.1) is 0 Å². The standard InChI is InChI=1S/C19H33FN6/c1-5-21-19(23-13-15(4)25(6-2)7-3)24-16-10-12-26(14-16)18-17(20)9-8-11-22-18/h8-9,11,15-16H,5-7,10,12-14H2,1-4H3,(H2,21,23,24). The highest BCUT2D eigenvalue weighted by Gasteiger charge is 2.26. The van der Waals surface area contributed by atoms with E-state index in [4.69, 9.17) is 4.99 Å². The summed E-state index contributed by atoms with van der Waals surface area (Å²) in [7, 11) is 0. The van der Waals surface area contributed by atoms with Gasteiger partial charge in [0, 0.05) is 37.9 Å². The molecule has 0 spiro atoms. The van der Waals surface area contributed by atoms with E-state index in [-0.39, 0.29) is 11.9 Å². The first-order chi connectivity index (χ1) is 12.6. The Morgan fingerprint density at radius 2 is 2.19 bits per heavy atom. The first kappa shape index (κ1) is 20.4. The summed E-state index contributed by atoms with van der Waals surface area (Å²) in [5, 5.41) is 6.81. The van der Waals surface area contributed by atoms with Crippen LogP contribution >= 0.6 is 0 Å². The minimum Gasteiger partial charge on any atom is -0.357 e. The fourth-order valence-corrected chi connectivity index (χ4v) is 3.38. The van der Waals surface area contributed by atoms with Crippen LogP contribution in [0.1, 0.15) is 34.1 Å². The smallest absolute Gasteiger partial charge is 0.191 e. The van der Waals surface area contributed by atoms with Crippen LogP contribution in [0, 0.1) is 5.82 Å². The lowest BCUT2D eigenvalue weighted by Crippen LogP contribution is -2.45. The summed E-state index contributed by atoms with van der Waals surface area (Å²) in [6, 6.07) is 3.72. The van der Waals surface area contributed by atoms with Gasteiger partial charge in [-0.25, -0.2) is 9.37 Å². The van der Waals surface area contributed by atoms with Gasteiger partial charge in [0.25, 0.3) is 0 Å². The van der Waals surface area contributed by atoms with Crippen LogP contribution in [0.5, 0.6) is 0 Å². The number of likely N-dealkylation sites (N-methyl/N-ethyl adjacent to an activating group) is 1. The van der Waals surface area contributed by atoms with Crippen LogP contribution in [0.2, 0.25) is 0 Å². The van der Waals surface area contributed by atoms with Crippen molar-refractivity contribution in [1.82, 2.24) is 20.5 Å². The van der Waals surface area contributed by atoms with E-state index in [1.807, 2.05) is 4.90 Å². The van der Waals surface area contributed by atoms with Crippen molar-refractivity contribution in [2.45, 2.75) is 46.2 Å². The SMILES string of the molecule is CCNC(=NCC(C)N(CC)CC)NC1CCN(c2ncccc2F)C1. The number of pyridine rings is 1. The van der Waals surface area contributed by atoms with Crippen molar-refractivity contribution in [2.75, 3.05) is 44.2 Å². The fourth-order valence-electron chi connectivity index (χ4n) is 3.38. The molecule has 7 heteroatoms. The summed E-state index contributed by atoms with van der Waals surface area (Å²) in [6.07, 6.45) is 2.57. The van der Waals surface area contributed by atoms with Gasteiger partial charge in [-0.1, -0.05) is 13.8 Å². The number of nitrogens with one attached hydrogen (secondary N) is 2. The van der Waals surface area contributed by atoms with E-state index in [1.54, 1.807) is 12.3 Å². The molecule has 1 saturated heterocycles. The second-order valence-electron chi connectivity index (χ2n) is 6.67. The summed E-state index contributed by atoms with van der Waals surface area (Å²) >= 11 is 0. The van der Waals surface area contributed by atoms with E-state index in [2.05, 4.69) is 48.2 Å². The van der Waals surface area contributed by atoms with Crippen LogP contribution in [-0.2, 0) is 0 Å². The predicted octanol–water partition coefficient (Wildman–Crippen LogP) is 2.08. The van der Waals surface area contributed by atoms with Gasteiger partial charge in [-0.05, 0) is 45.5 Å². The predicted molar refractivity (Wildman–Crippen MR) is 106 cm³/mol. The average Bonchev–Trinajstić information content (AvgIpc) is 3.09. The molecule has 0 radical (unpaired) electrons. The van der Waals surface area contributed by atoms with Gasteiger partial charge in [0.15, 0.2) is 17.6 Å². The Morgan fingerprint density at radius 1 is 1.42 bits per heavy atom. The maximum Gasteiger partial charge on any atom is 0.191 e. The molecule has 1 fully saturated rings. The summed E-state index contributed by atoms with van der Waals surface area (Å²) in [6.45, 7) is 13.8. The van der Waals surface area contributed by atoms with Gasteiger partial charge in [0.2, 0.25) is 0 Å². The highest BCUT2D eigenvalue weighted by Crippen LogP contribution is 2.20. The van der Waals surface area contributed by atoms with Crippen LogP contribution in [0.25, 0.3) is 0 Å². The molecule has 2 rings (SSSR count). The van der Waals surface area contributed by atoms with Crippen molar-refractivity contribution >= 4 is 11.8 Å². The monoisotopic (exact) mass is 364 g/mol. The minimum atomic E-state index is -0.262. The van der Waals surface area contributed by atoms with E-state index < -0.39 is 0 Å². The van der Waals surface area contributed by atoms with Crippen LogP contribution in [0.15, 0.2) is 23.3 Å². The first-order valence-corrected chi connectivity index (χ1v) is 9.73. The molecular formula is C19H33FN6. The number of guanidine groups is 1. The number of aromatic nitrogens is 1. The Kier molecular flexibility index (Phi) is 8.09. The Labute approximate surface area is 156 Å². The molecule has 1 aromatic rings. The summed E-state index contributed by atoms with van der Waals surface area (Å²) in [5.41, 5.74) is 0. The van der Waals surface area contributed by atoms with Gasteiger partial charge in [0.1, 0.15) is 0 Å². The third-order valence-electron chi connectivity index (χ3n) is 4.86. The van der Waals surface area contributed by atoms with Crippen molar-refractivity contribution in [3.8, 4) is 0 Å². The molecular weight excluding hydrogens is 331 g/mol. The maximum atomic E-state index is 13.9. The lowest BCUT2D eigenvalue weighted by atomic mass is 10.2. The highest BCUT2D eigenvalue weighted by atomic mass is 19.1. The van der Waals surface area contributed by atoms with Gasteiger partial charge in [-0.2, -0.15) is 0 Å². The molecule has 0 aromatic carbocycles. The zero-order chi connectivity index (χ0) is 18.9. The minimum absolute atomic E-state index is 0.234. The molecule has 1 aliphatic rings. The van der Waals surface area contributed by atoms with Gasteiger partial charge < -0.3 is 15.5 Å². The Hall–Kier alpha value is -1.89. The Morgan fingerprint density at radius 3 is 2.85 bits per heavy atom. The molecule has 1 aliphatic heterocycles. The van der Waals surface area contributed by atoms with Gasteiger partial charge in [-0.3, -0.25) is 9.89 Å². The van der Waals surface area contributed by atoms with Gasteiger partial charge >= 0.3 is 0 Å². The lowest BCUT2D eigenvalue weighted by Gasteiger charge is -2.25. The molecule has 2 unspecified atom stereocenters. The number of aliphatic imine (C=N–C) groups is 1. The van der Waals surface area contributed by atoms with E-state index in [0.29, 0.717) is 11.9 Å². The van der Waals surface area contributed by atoms with Crippen LogP contribution in [0.4, 0.5) is 10.2 Å². The summed E-state index contributed by atoms with van der Waals surface area (Å²) in [4.78, 5) is 13.3. The third kappa shape index (κ3) is 5.56. The van der Waals surface area contributed by atoms with Crippen molar-refractivity contribution in [2.24, 2.45) is 4.99 Å². The van der Waals surface area contributed by atoms with Crippen LogP contribution in [-0.4, -0.2) is 67.2 Å². The molecule has 0 aliphatic carbocycles. The maximum absolute atomic E-state index is 13.9. The van der Waals surface area contributed by atoms with E-state index in [9.17, 15) is 4.39 Å². The number of hydrogen-bond acceptors (Lipinski definition) is 4. The Balaban J connectivity index is 1.93. The molecule has 2 N–H and O–H groups in total. The number of halogens is 1. The number of rotatable bonds is 8.